The Kier molecular flexibility index (Phi) is 5.44. The van der Waals surface area contributed by atoms with Gasteiger partial charge in [0.25, 0.3) is 0 Å². The van der Waals surface area contributed by atoms with E-state index in [2.05, 4.69) is 32.6 Å². The zero-order valence-electron chi connectivity index (χ0n) is 15.6. The lowest BCUT2D eigenvalue weighted by Gasteiger charge is -2.09. The topological polar surface area (TPSA) is 72.3 Å². The zero-order valence-corrected chi connectivity index (χ0v) is 17.8. The molecule has 0 amide bonds. The van der Waals surface area contributed by atoms with Gasteiger partial charge in [0.1, 0.15) is 5.75 Å². The summed E-state index contributed by atoms with van der Waals surface area (Å²) in [5.41, 5.74) is 3.96. The summed E-state index contributed by atoms with van der Waals surface area (Å²) in [7, 11) is 0. The van der Waals surface area contributed by atoms with Crippen LogP contribution in [0, 0.1) is 3.57 Å². The van der Waals surface area contributed by atoms with Crippen molar-refractivity contribution in [2.75, 3.05) is 6.61 Å². The maximum atomic E-state index is 11.8. The second-order valence-electron chi connectivity index (χ2n) is 6.41. The fraction of sp³-hybridized carbons (Fsp3) is 0.0870. The fourth-order valence-electron chi connectivity index (χ4n) is 3.15. The first-order chi connectivity index (χ1) is 14.0. The maximum Gasteiger partial charge on any atom is 0.336 e. The highest BCUT2D eigenvalue weighted by Gasteiger charge is 2.14. The Morgan fingerprint density at radius 2 is 1.90 bits per heavy atom. The number of hydrogen-bond acceptors (Lipinski definition) is 4. The number of ether oxygens (including phenoxy) is 1. The first kappa shape index (κ1) is 19.3. The molecule has 1 N–H and O–H groups in total. The maximum absolute atomic E-state index is 11.8. The number of aromatic nitrogens is 2. The number of pyridine rings is 2. The third kappa shape index (κ3) is 4.07. The van der Waals surface area contributed by atoms with Crippen molar-refractivity contribution in [1.82, 2.24) is 9.97 Å². The summed E-state index contributed by atoms with van der Waals surface area (Å²) in [6, 6.07) is 18.8. The predicted octanol–water partition coefficient (Wildman–Crippen LogP) is 5.67. The van der Waals surface area contributed by atoms with Gasteiger partial charge in [-0.25, -0.2) is 9.78 Å². The van der Waals surface area contributed by atoms with Crippen LogP contribution in [0.4, 0.5) is 0 Å². The van der Waals surface area contributed by atoms with Crippen LogP contribution < -0.4 is 4.74 Å². The molecule has 0 saturated heterocycles. The average molecular weight is 496 g/mol. The van der Waals surface area contributed by atoms with E-state index in [0.29, 0.717) is 28.9 Å². The van der Waals surface area contributed by atoms with Gasteiger partial charge in [-0.3, -0.25) is 4.98 Å². The van der Waals surface area contributed by atoms with Crippen molar-refractivity contribution < 1.29 is 14.6 Å². The molecule has 4 rings (SSSR count). The van der Waals surface area contributed by atoms with Gasteiger partial charge in [0.15, 0.2) is 0 Å². The van der Waals surface area contributed by atoms with Crippen molar-refractivity contribution in [1.29, 1.82) is 0 Å². The van der Waals surface area contributed by atoms with E-state index in [1.165, 1.54) is 0 Å². The molecule has 0 radical (unpaired) electrons. The second kappa shape index (κ2) is 8.16. The zero-order chi connectivity index (χ0) is 20.4. The molecule has 0 saturated carbocycles. The lowest BCUT2D eigenvalue weighted by atomic mass is 10.0. The average Bonchev–Trinajstić information content (AvgIpc) is 2.73. The fourth-order valence-corrected chi connectivity index (χ4v) is 3.65. The lowest BCUT2D eigenvalue weighted by molar-refractivity contribution is 0.0699. The Labute approximate surface area is 181 Å². The van der Waals surface area contributed by atoms with Gasteiger partial charge < -0.3 is 9.84 Å². The summed E-state index contributed by atoms with van der Waals surface area (Å²) in [6.45, 7) is 2.56. The molecule has 29 heavy (non-hydrogen) atoms. The van der Waals surface area contributed by atoms with Crippen molar-refractivity contribution in [3.8, 4) is 28.3 Å². The number of rotatable bonds is 5. The van der Waals surface area contributed by atoms with Crippen LogP contribution in [0.3, 0.4) is 0 Å². The number of fused-ring (bicyclic) bond motifs is 1. The molecule has 0 bridgehead atoms. The Hall–Kier alpha value is -3.00. The second-order valence-corrected chi connectivity index (χ2v) is 7.66. The first-order valence-corrected chi connectivity index (χ1v) is 10.2. The molecule has 0 atom stereocenters. The van der Waals surface area contributed by atoms with Crippen LogP contribution in [0.25, 0.3) is 33.4 Å². The third-order valence-corrected chi connectivity index (χ3v) is 5.18. The van der Waals surface area contributed by atoms with Gasteiger partial charge >= 0.3 is 5.97 Å². The third-order valence-electron chi connectivity index (χ3n) is 4.51. The van der Waals surface area contributed by atoms with E-state index in [4.69, 9.17) is 4.74 Å². The minimum absolute atomic E-state index is 0.221. The van der Waals surface area contributed by atoms with Gasteiger partial charge in [-0.05, 0) is 77.5 Å². The molecule has 0 aliphatic rings. The molecule has 144 valence electrons. The lowest BCUT2D eigenvalue weighted by Crippen LogP contribution is -2.01. The smallest absolute Gasteiger partial charge is 0.336 e. The molecule has 2 aromatic carbocycles. The largest absolute Gasteiger partial charge is 0.494 e. The number of benzene rings is 2. The molecule has 5 nitrogen and oxygen atoms in total. The Balaban J connectivity index is 1.74. The van der Waals surface area contributed by atoms with Crippen molar-refractivity contribution in [2.45, 2.75) is 6.92 Å². The van der Waals surface area contributed by atoms with Gasteiger partial charge in [0, 0.05) is 20.7 Å². The van der Waals surface area contributed by atoms with Gasteiger partial charge in [-0.15, -0.1) is 0 Å². The van der Waals surface area contributed by atoms with E-state index in [1.54, 1.807) is 12.3 Å². The summed E-state index contributed by atoms with van der Waals surface area (Å²) in [5, 5.41) is 10.3. The van der Waals surface area contributed by atoms with Crippen LogP contribution in [0.1, 0.15) is 17.3 Å². The van der Waals surface area contributed by atoms with Gasteiger partial charge in [0.05, 0.1) is 29.1 Å². The van der Waals surface area contributed by atoms with Crippen LogP contribution in [0.2, 0.25) is 0 Å². The van der Waals surface area contributed by atoms with E-state index >= 15 is 0 Å². The summed E-state index contributed by atoms with van der Waals surface area (Å²) in [6.07, 6.45) is 1.76. The van der Waals surface area contributed by atoms with Gasteiger partial charge in [-0.2, -0.15) is 0 Å². The SMILES string of the molecule is CCOc1cccc(-c2ccc(-c3cc(C(=O)O)c4cc(I)ccc4n3)nc2)c1. The van der Waals surface area contributed by atoms with Crippen LogP contribution in [-0.2, 0) is 0 Å². The summed E-state index contributed by atoms with van der Waals surface area (Å²) in [4.78, 5) is 20.9. The van der Waals surface area contributed by atoms with Crippen LogP contribution in [-0.4, -0.2) is 27.7 Å². The monoisotopic (exact) mass is 496 g/mol. The minimum atomic E-state index is -0.981. The van der Waals surface area contributed by atoms with Crippen molar-refractivity contribution in [3.63, 3.8) is 0 Å². The molecule has 0 unspecified atom stereocenters. The number of carbonyl (C=O) groups is 1. The molecule has 4 aromatic rings. The number of halogens is 1. The van der Waals surface area contributed by atoms with Crippen molar-refractivity contribution in [2.24, 2.45) is 0 Å². The summed E-state index contributed by atoms with van der Waals surface area (Å²) in [5.74, 6) is -0.170. The number of carboxylic acid groups (broad SMARTS) is 1. The molecule has 2 aromatic heterocycles. The van der Waals surface area contributed by atoms with Crippen molar-refractivity contribution in [3.05, 3.63) is 76.0 Å². The predicted molar refractivity (Wildman–Crippen MR) is 121 cm³/mol. The molecule has 0 aliphatic carbocycles. The van der Waals surface area contributed by atoms with E-state index in [-0.39, 0.29) is 5.56 Å². The highest BCUT2D eigenvalue weighted by Crippen LogP contribution is 2.28. The number of hydrogen-bond donors (Lipinski definition) is 1. The summed E-state index contributed by atoms with van der Waals surface area (Å²) >= 11 is 2.16. The van der Waals surface area contributed by atoms with E-state index in [0.717, 1.165) is 20.4 Å². The quantitative estimate of drug-likeness (QED) is 0.361. The molecule has 0 aliphatic heterocycles. The highest BCUT2D eigenvalue weighted by atomic mass is 127. The van der Waals surface area contributed by atoms with Crippen LogP contribution in [0.15, 0.2) is 66.9 Å². The van der Waals surface area contributed by atoms with E-state index in [9.17, 15) is 9.90 Å². The molecular formula is C23H17IN2O3. The van der Waals surface area contributed by atoms with Crippen molar-refractivity contribution >= 4 is 39.5 Å². The number of nitrogens with zero attached hydrogens (tertiary/aromatic N) is 2. The molecule has 0 spiro atoms. The number of carboxylic acids is 1. The van der Waals surface area contributed by atoms with Crippen LogP contribution in [0.5, 0.6) is 5.75 Å². The Morgan fingerprint density at radius 1 is 1.03 bits per heavy atom. The van der Waals surface area contributed by atoms with Crippen LogP contribution >= 0.6 is 22.6 Å². The molecule has 2 heterocycles. The van der Waals surface area contributed by atoms with Gasteiger partial charge in [-0.1, -0.05) is 18.2 Å². The molecule has 0 fully saturated rings. The summed E-state index contributed by atoms with van der Waals surface area (Å²) < 4.78 is 6.52. The standard InChI is InChI=1S/C23H17IN2O3/c1-2-29-17-5-3-4-14(10-17)15-6-8-21(25-13-15)22-12-19(23(27)28)18-11-16(24)7-9-20(18)26-22/h3-13H,2H2,1H3,(H,27,28). The first-order valence-electron chi connectivity index (χ1n) is 9.08. The Morgan fingerprint density at radius 3 is 2.62 bits per heavy atom. The van der Waals surface area contributed by atoms with E-state index in [1.807, 2.05) is 61.5 Å². The molecule has 6 heteroatoms. The van der Waals surface area contributed by atoms with E-state index < -0.39 is 5.97 Å². The minimum Gasteiger partial charge on any atom is -0.494 e. The Bertz CT molecular complexity index is 1210. The van der Waals surface area contributed by atoms with Gasteiger partial charge in [0.2, 0.25) is 0 Å². The highest BCUT2D eigenvalue weighted by molar-refractivity contribution is 14.1. The normalized spacial score (nSPS) is 10.8. The molecular weight excluding hydrogens is 479 g/mol. The number of aromatic carboxylic acids is 1.